The van der Waals surface area contributed by atoms with Gasteiger partial charge < -0.3 is 5.32 Å². The topological polar surface area (TPSA) is 28.2 Å². The van der Waals surface area contributed by atoms with Gasteiger partial charge in [-0.15, -0.1) is 0 Å². The van der Waals surface area contributed by atoms with E-state index in [9.17, 15) is 13.2 Å². The molecule has 22 heavy (non-hydrogen) atoms. The third kappa shape index (κ3) is 4.10. The number of piperidine rings is 1. The Morgan fingerprint density at radius 2 is 1.95 bits per heavy atom. The lowest BCUT2D eigenvalue weighted by atomic mass is 9.97. The van der Waals surface area contributed by atoms with Crippen LogP contribution in [0.2, 0.25) is 0 Å². The monoisotopic (exact) mass is 329 g/mol. The van der Waals surface area contributed by atoms with Crippen molar-refractivity contribution in [2.24, 2.45) is 5.92 Å². The molecule has 1 N–H and O–H groups in total. The van der Waals surface area contributed by atoms with Crippen molar-refractivity contribution in [3.8, 4) is 0 Å². The van der Waals surface area contributed by atoms with Gasteiger partial charge in [-0.2, -0.15) is 13.2 Å². The van der Waals surface area contributed by atoms with Crippen LogP contribution in [0.25, 0.3) is 10.2 Å². The van der Waals surface area contributed by atoms with Gasteiger partial charge in [0, 0.05) is 6.54 Å². The molecule has 0 saturated carbocycles. The van der Waals surface area contributed by atoms with E-state index in [1.54, 1.807) is 11.3 Å². The van der Waals surface area contributed by atoms with Crippen molar-refractivity contribution in [2.75, 3.05) is 31.5 Å². The fourth-order valence-corrected chi connectivity index (χ4v) is 3.65. The fourth-order valence-electron chi connectivity index (χ4n) is 2.78. The van der Waals surface area contributed by atoms with Crippen LogP contribution in [0, 0.1) is 5.92 Å². The van der Waals surface area contributed by atoms with Crippen LogP contribution >= 0.6 is 11.3 Å². The second-order valence-electron chi connectivity index (χ2n) is 5.70. The number of nitrogens with zero attached hydrogens (tertiary/aromatic N) is 2. The Balaban J connectivity index is 1.47. The Morgan fingerprint density at radius 1 is 1.23 bits per heavy atom. The van der Waals surface area contributed by atoms with Gasteiger partial charge in [0.05, 0.1) is 16.8 Å². The molecule has 1 aliphatic rings. The maximum atomic E-state index is 12.3. The van der Waals surface area contributed by atoms with E-state index in [1.165, 1.54) is 4.90 Å². The van der Waals surface area contributed by atoms with Crippen LogP contribution in [0.5, 0.6) is 0 Å². The third-order valence-corrected chi connectivity index (χ3v) is 4.94. The average molecular weight is 329 g/mol. The van der Waals surface area contributed by atoms with Gasteiger partial charge in [-0.25, -0.2) is 4.98 Å². The van der Waals surface area contributed by atoms with Crippen LogP contribution in [-0.4, -0.2) is 42.2 Å². The summed E-state index contributed by atoms with van der Waals surface area (Å²) < 4.78 is 38.2. The number of alkyl halides is 3. The Morgan fingerprint density at radius 3 is 2.64 bits per heavy atom. The van der Waals surface area contributed by atoms with Crippen LogP contribution in [0.1, 0.15) is 12.8 Å². The highest BCUT2D eigenvalue weighted by molar-refractivity contribution is 7.22. The molecule has 3 nitrogen and oxygen atoms in total. The molecule has 2 heterocycles. The van der Waals surface area contributed by atoms with Crippen LogP contribution in [0.4, 0.5) is 18.3 Å². The first-order chi connectivity index (χ1) is 10.5. The van der Waals surface area contributed by atoms with E-state index >= 15 is 0 Å². The summed E-state index contributed by atoms with van der Waals surface area (Å²) in [5.74, 6) is 0.413. The van der Waals surface area contributed by atoms with Crippen molar-refractivity contribution in [1.29, 1.82) is 0 Å². The summed E-state index contributed by atoms with van der Waals surface area (Å²) in [7, 11) is 0. The highest BCUT2D eigenvalue weighted by Crippen LogP contribution is 2.27. The lowest BCUT2D eigenvalue weighted by Crippen LogP contribution is -2.41. The molecule has 1 aromatic heterocycles. The molecule has 2 aromatic rings. The number of fused-ring (bicyclic) bond motifs is 1. The number of hydrogen-bond donors (Lipinski definition) is 1. The number of para-hydroxylation sites is 1. The summed E-state index contributed by atoms with van der Waals surface area (Å²) in [6, 6.07) is 7.96. The van der Waals surface area contributed by atoms with Gasteiger partial charge in [0.25, 0.3) is 0 Å². The van der Waals surface area contributed by atoms with Crippen molar-refractivity contribution in [2.45, 2.75) is 19.0 Å². The summed E-state index contributed by atoms with van der Waals surface area (Å²) in [6.07, 6.45) is -2.49. The molecule has 0 atom stereocenters. The first kappa shape index (κ1) is 15.6. The molecule has 1 aromatic carbocycles. The van der Waals surface area contributed by atoms with E-state index in [1.807, 2.05) is 24.3 Å². The first-order valence-electron chi connectivity index (χ1n) is 7.38. The van der Waals surface area contributed by atoms with Gasteiger partial charge in [-0.05, 0) is 44.0 Å². The molecular weight excluding hydrogens is 311 g/mol. The minimum Gasteiger partial charge on any atom is -0.361 e. The summed E-state index contributed by atoms with van der Waals surface area (Å²) in [4.78, 5) is 6.00. The highest BCUT2D eigenvalue weighted by Gasteiger charge is 2.32. The largest absolute Gasteiger partial charge is 0.401 e. The van der Waals surface area contributed by atoms with Crippen LogP contribution in [0.3, 0.4) is 0 Å². The quantitative estimate of drug-likeness (QED) is 0.919. The summed E-state index contributed by atoms with van der Waals surface area (Å²) in [5.41, 5.74) is 0.981. The lowest BCUT2D eigenvalue weighted by Gasteiger charge is -2.32. The molecular formula is C15H18F3N3S. The summed E-state index contributed by atoms with van der Waals surface area (Å²) >= 11 is 1.61. The number of rotatable bonds is 4. The average Bonchev–Trinajstić information content (AvgIpc) is 2.88. The standard InChI is InChI=1S/C15H18F3N3S/c16-15(17,18)10-21-7-5-11(6-8-21)9-19-14-20-12-3-1-2-4-13(12)22-14/h1-4,11H,5-10H2,(H,19,20). The van der Waals surface area contributed by atoms with Crippen molar-refractivity contribution in [3.63, 3.8) is 0 Å². The zero-order valence-corrected chi connectivity index (χ0v) is 12.9. The second-order valence-corrected chi connectivity index (χ2v) is 6.73. The Bertz CT molecular complexity index is 585. The van der Waals surface area contributed by atoms with E-state index in [0.29, 0.717) is 19.0 Å². The summed E-state index contributed by atoms with van der Waals surface area (Å²) in [5, 5.41) is 4.22. The minimum absolute atomic E-state index is 0.413. The van der Waals surface area contributed by atoms with Gasteiger partial charge in [-0.1, -0.05) is 23.5 Å². The lowest BCUT2D eigenvalue weighted by molar-refractivity contribution is -0.148. The Hall–Kier alpha value is -1.34. The maximum absolute atomic E-state index is 12.3. The molecule has 0 spiro atoms. The van der Waals surface area contributed by atoms with Crippen LogP contribution in [0.15, 0.2) is 24.3 Å². The van der Waals surface area contributed by atoms with Crippen molar-refractivity contribution < 1.29 is 13.2 Å². The number of benzene rings is 1. The predicted molar refractivity (Wildman–Crippen MR) is 83.3 cm³/mol. The van der Waals surface area contributed by atoms with E-state index in [4.69, 9.17) is 0 Å². The molecule has 7 heteroatoms. The molecule has 1 aliphatic heterocycles. The maximum Gasteiger partial charge on any atom is 0.401 e. The normalized spacial score (nSPS) is 18.0. The molecule has 0 bridgehead atoms. The molecule has 3 rings (SSSR count). The molecule has 1 saturated heterocycles. The number of likely N-dealkylation sites (tertiary alicyclic amines) is 1. The first-order valence-corrected chi connectivity index (χ1v) is 8.20. The van der Waals surface area contributed by atoms with Crippen molar-refractivity contribution in [3.05, 3.63) is 24.3 Å². The molecule has 1 fully saturated rings. The third-order valence-electron chi connectivity index (χ3n) is 3.95. The molecule has 0 amide bonds. The van der Waals surface area contributed by atoms with Gasteiger partial charge in [0.15, 0.2) is 5.13 Å². The zero-order chi connectivity index (χ0) is 15.6. The molecule has 0 aliphatic carbocycles. The zero-order valence-electron chi connectivity index (χ0n) is 12.1. The number of aromatic nitrogens is 1. The molecule has 0 unspecified atom stereocenters. The number of halogens is 3. The van der Waals surface area contributed by atoms with Gasteiger partial charge in [0.1, 0.15) is 0 Å². The second kappa shape index (κ2) is 6.42. The van der Waals surface area contributed by atoms with E-state index in [2.05, 4.69) is 10.3 Å². The Labute approximate surface area is 131 Å². The predicted octanol–water partition coefficient (Wildman–Crippen LogP) is 3.98. The van der Waals surface area contributed by atoms with E-state index in [-0.39, 0.29) is 0 Å². The van der Waals surface area contributed by atoms with Gasteiger partial charge in [0.2, 0.25) is 0 Å². The number of thiazole rings is 1. The van der Waals surface area contributed by atoms with E-state index < -0.39 is 12.7 Å². The van der Waals surface area contributed by atoms with Crippen LogP contribution < -0.4 is 5.32 Å². The number of nitrogens with one attached hydrogen (secondary N) is 1. The SMILES string of the molecule is FC(F)(F)CN1CCC(CNc2nc3ccccc3s2)CC1. The smallest absolute Gasteiger partial charge is 0.361 e. The van der Waals surface area contributed by atoms with Gasteiger partial charge in [-0.3, -0.25) is 4.90 Å². The fraction of sp³-hybridized carbons (Fsp3) is 0.533. The molecule has 120 valence electrons. The van der Waals surface area contributed by atoms with Crippen molar-refractivity contribution in [1.82, 2.24) is 9.88 Å². The number of anilines is 1. The highest BCUT2D eigenvalue weighted by atomic mass is 32.1. The minimum atomic E-state index is -4.09. The summed E-state index contributed by atoms with van der Waals surface area (Å²) in [6.45, 7) is 1.03. The van der Waals surface area contributed by atoms with Crippen LogP contribution in [-0.2, 0) is 0 Å². The molecule has 0 radical (unpaired) electrons. The van der Waals surface area contributed by atoms with Crippen molar-refractivity contribution >= 4 is 26.7 Å². The van der Waals surface area contributed by atoms with E-state index in [0.717, 1.165) is 34.7 Å². The number of hydrogen-bond acceptors (Lipinski definition) is 4. The van der Waals surface area contributed by atoms with Gasteiger partial charge >= 0.3 is 6.18 Å². The Kier molecular flexibility index (Phi) is 4.54.